The molecule has 0 N–H and O–H groups in total. The Balaban J connectivity index is 2.59. The topological polar surface area (TPSA) is 30.7 Å². The van der Waals surface area contributed by atoms with Crippen LogP contribution in [0.1, 0.15) is 19.0 Å². The number of alkyl halides is 1. The van der Waals surface area contributed by atoms with Gasteiger partial charge in [-0.2, -0.15) is 15.0 Å². The highest BCUT2D eigenvalue weighted by Crippen LogP contribution is 1.96. The second-order valence-electron chi connectivity index (χ2n) is 2.07. The first-order valence-electron chi connectivity index (χ1n) is 3.31. The molecular weight excluding hydrogens is 150 g/mol. The molecule has 1 aromatic rings. The lowest BCUT2D eigenvalue weighted by Gasteiger charge is -1.91. The van der Waals surface area contributed by atoms with Crippen molar-refractivity contribution in [3.05, 3.63) is 11.9 Å². The first-order valence-corrected chi connectivity index (χ1v) is 3.85. The van der Waals surface area contributed by atoms with Crippen molar-refractivity contribution in [3.8, 4) is 0 Å². The van der Waals surface area contributed by atoms with Gasteiger partial charge in [0.15, 0.2) is 0 Å². The summed E-state index contributed by atoms with van der Waals surface area (Å²) >= 11 is 5.52. The fourth-order valence-corrected chi connectivity index (χ4v) is 0.825. The minimum Gasteiger partial charge on any atom is -0.185 e. The summed E-state index contributed by atoms with van der Waals surface area (Å²) < 4.78 is 0. The molecular formula is C6H10ClN3. The summed E-state index contributed by atoms with van der Waals surface area (Å²) in [6.45, 7) is 2.96. The molecule has 0 bridgehead atoms. The summed E-state index contributed by atoms with van der Waals surface area (Å²) in [6, 6.07) is 0. The number of hydrogen-bond acceptors (Lipinski definition) is 2. The maximum absolute atomic E-state index is 5.52. The molecule has 0 aliphatic rings. The van der Waals surface area contributed by atoms with E-state index >= 15 is 0 Å². The van der Waals surface area contributed by atoms with Gasteiger partial charge in [-0.05, 0) is 6.42 Å². The number of aryl methyl sites for hydroxylation is 1. The van der Waals surface area contributed by atoms with Crippen molar-refractivity contribution >= 4 is 11.6 Å². The molecule has 0 amide bonds. The van der Waals surface area contributed by atoms with Crippen LogP contribution < -0.4 is 0 Å². The van der Waals surface area contributed by atoms with Gasteiger partial charge in [0.05, 0.1) is 24.3 Å². The minimum atomic E-state index is 0.448. The van der Waals surface area contributed by atoms with Crippen molar-refractivity contribution in [2.45, 2.75) is 25.8 Å². The molecule has 0 aliphatic carbocycles. The van der Waals surface area contributed by atoms with Crippen LogP contribution in [0, 0.1) is 0 Å². The van der Waals surface area contributed by atoms with E-state index in [0.717, 1.165) is 18.7 Å². The molecule has 4 heteroatoms. The molecule has 1 heterocycles. The van der Waals surface area contributed by atoms with Gasteiger partial charge in [-0.3, -0.25) is 0 Å². The number of halogens is 1. The van der Waals surface area contributed by atoms with Crippen molar-refractivity contribution in [2.24, 2.45) is 0 Å². The first-order chi connectivity index (χ1) is 4.86. The number of aromatic nitrogens is 3. The molecule has 0 aromatic carbocycles. The number of rotatable bonds is 3. The predicted octanol–water partition coefficient (Wildman–Crippen LogP) is 1.43. The van der Waals surface area contributed by atoms with Crippen LogP contribution in [-0.4, -0.2) is 15.0 Å². The van der Waals surface area contributed by atoms with Gasteiger partial charge in [-0.1, -0.05) is 6.92 Å². The largest absolute Gasteiger partial charge is 0.185 e. The molecule has 0 atom stereocenters. The lowest BCUT2D eigenvalue weighted by Crippen LogP contribution is -2.00. The maximum atomic E-state index is 5.52. The second kappa shape index (κ2) is 3.56. The van der Waals surface area contributed by atoms with Gasteiger partial charge in [0.25, 0.3) is 0 Å². The Morgan fingerprint density at radius 3 is 3.00 bits per heavy atom. The number of hydrogen-bond donors (Lipinski definition) is 0. The van der Waals surface area contributed by atoms with Crippen LogP contribution in [0.5, 0.6) is 0 Å². The molecule has 0 aliphatic heterocycles. The third kappa shape index (κ3) is 1.70. The Morgan fingerprint density at radius 1 is 1.70 bits per heavy atom. The summed E-state index contributed by atoms with van der Waals surface area (Å²) in [5.74, 6) is 0.448. The molecule has 3 nitrogen and oxygen atoms in total. The van der Waals surface area contributed by atoms with E-state index in [1.165, 1.54) is 0 Å². The molecule has 56 valence electrons. The summed E-state index contributed by atoms with van der Waals surface area (Å²) in [5, 5.41) is 8.09. The molecule has 0 unspecified atom stereocenters. The number of nitrogens with zero attached hydrogens (tertiary/aromatic N) is 3. The second-order valence-corrected chi connectivity index (χ2v) is 2.33. The Labute approximate surface area is 65.0 Å². The zero-order valence-electron chi connectivity index (χ0n) is 5.92. The summed E-state index contributed by atoms with van der Waals surface area (Å²) in [6.07, 6.45) is 2.75. The smallest absolute Gasteiger partial charge is 0.0974 e. The van der Waals surface area contributed by atoms with Crippen LogP contribution in [0.25, 0.3) is 0 Å². The third-order valence-corrected chi connectivity index (χ3v) is 1.42. The van der Waals surface area contributed by atoms with E-state index in [2.05, 4.69) is 17.1 Å². The first kappa shape index (κ1) is 7.54. The van der Waals surface area contributed by atoms with Crippen LogP contribution in [0.15, 0.2) is 6.20 Å². The van der Waals surface area contributed by atoms with Crippen LogP contribution >= 0.6 is 11.6 Å². The molecule has 1 aromatic heterocycles. The van der Waals surface area contributed by atoms with Crippen LogP contribution in [-0.2, 0) is 12.4 Å². The van der Waals surface area contributed by atoms with Crippen LogP contribution in [0.2, 0.25) is 0 Å². The highest BCUT2D eigenvalue weighted by molar-refractivity contribution is 6.16. The van der Waals surface area contributed by atoms with E-state index in [0.29, 0.717) is 5.88 Å². The SMILES string of the molecule is CCCn1ncc(CCl)n1. The van der Waals surface area contributed by atoms with Gasteiger partial charge in [0.1, 0.15) is 0 Å². The molecule has 0 radical (unpaired) electrons. The lowest BCUT2D eigenvalue weighted by molar-refractivity contribution is 0.525. The summed E-state index contributed by atoms with van der Waals surface area (Å²) in [7, 11) is 0. The monoisotopic (exact) mass is 159 g/mol. The summed E-state index contributed by atoms with van der Waals surface area (Å²) in [5.41, 5.74) is 0.843. The molecule has 0 fully saturated rings. The highest BCUT2D eigenvalue weighted by Gasteiger charge is 1.95. The fraction of sp³-hybridized carbons (Fsp3) is 0.667. The van der Waals surface area contributed by atoms with E-state index in [1.54, 1.807) is 11.0 Å². The molecule has 0 saturated carbocycles. The average molecular weight is 160 g/mol. The van der Waals surface area contributed by atoms with E-state index in [4.69, 9.17) is 11.6 Å². The van der Waals surface area contributed by atoms with Crippen molar-refractivity contribution in [1.82, 2.24) is 15.0 Å². The van der Waals surface area contributed by atoms with E-state index < -0.39 is 0 Å². The molecule has 1 rings (SSSR count). The van der Waals surface area contributed by atoms with E-state index in [-0.39, 0.29) is 0 Å². The van der Waals surface area contributed by atoms with Crippen LogP contribution in [0.3, 0.4) is 0 Å². The van der Waals surface area contributed by atoms with Gasteiger partial charge in [-0.25, -0.2) is 0 Å². The van der Waals surface area contributed by atoms with Crippen molar-refractivity contribution in [3.63, 3.8) is 0 Å². The average Bonchev–Trinajstić information content (AvgIpc) is 2.37. The van der Waals surface area contributed by atoms with Crippen molar-refractivity contribution < 1.29 is 0 Å². The summed E-state index contributed by atoms with van der Waals surface area (Å²) in [4.78, 5) is 1.66. The van der Waals surface area contributed by atoms with E-state index in [9.17, 15) is 0 Å². The quantitative estimate of drug-likeness (QED) is 0.625. The Bertz CT molecular complexity index is 197. The molecule has 0 spiro atoms. The minimum absolute atomic E-state index is 0.448. The van der Waals surface area contributed by atoms with Gasteiger partial charge in [0, 0.05) is 0 Å². The van der Waals surface area contributed by atoms with Crippen molar-refractivity contribution in [1.29, 1.82) is 0 Å². The van der Waals surface area contributed by atoms with Crippen LogP contribution in [0.4, 0.5) is 0 Å². The van der Waals surface area contributed by atoms with E-state index in [1.807, 2.05) is 0 Å². The zero-order valence-corrected chi connectivity index (χ0v) is 6.67. The normalized spacial score (nSPS) is 10.2. The third-order valence-electron chi connectivity index (χ3n) is 1.14. The Kier molecular flexibility index (Phi) is 2.68. The van der Waals surface area contributed by atoms with Crippen molar-refractivity contribution in [2.75, 3.05) is 0 Å². The van der Waals surface area contributed by atoms with Gasteiger partial charge < -0.3 is 0 Å². The lowest BCUT2D eigenvalue weighted by atomic mass is 10.5. The standard InChI is InChI=1S/C6H10ClN3/c1-2-3-10-8-5-6(4-7)9-10/h5H,2-4H2,1H3. The maximum Gasteiger partial charge on any atom is 0.0974 e. The zero-order chi connectivity index (χ0) is 7.40. The predicted molar refractivity (Wildman–Crippen MR) is 39.9 cm³/mol. The Hall–Kier alpha value is -0.570. The molecule has 0 saturated heterocycles. The van der Waals surface area contributed by atoms with Gasteiger partial charge in [0.2, 0.25) is 0 Å². The molecule has 10 heavy (non-hydrogen) atoms. The highest BCUT2D eigenvalue weighted by atomic mass is 35.5. The fourth-order valence-electron chi connectivity index (χ4n) is 0.702. The van der Waals surface area contributed by atoms with Gasteiger partial charge in [-0.15, -0.1) is 11.6 Å². The van der Waals surface area contributed by atoms with Gasteiger partial charge >= 0.3 is 0 Å². The Morgan fingerprint density at radius 2 is 2.50 bits per heavy atom.